The average molecular weight is 453 g/mol. The van der Waals surface area contributed by atoms with Crippen LogP contribution in [-0.2, 0) is 17.8 Å². The Kier molecular flexibility index (Phi) is 4.93. The maximum Gasteiger partial charge on any atom is 0.251 e. The molecule has 1 aliphatic carbocycles. The SMILES string of the molecule is C[C@H](O)C(=O)N1C[C@H]2CC(Nc3c(-c4nc5c(s4)CNCC5)cnc4[nH]ccc34)C[C@H]2C1. The lowest BCUT2D eigenvalue weighted by Gasteiger charge is -2.22. The van der Waals surface area contributed by atoms with Gasteiger partial charge in [0.2, 0.25) is 0 Å². The first-order valence-electron chi connectivity index (χ1n) is 11.5. The van der Waals surface area contributed by atoms with Crippen LogP contribution in [0.15, 0.2) is 18.5 Å². The van der Waals surface area contributed by atoms with Crippen molar-refractivity contribution in [1.82, 2.24) is 25.2 Å². The zero-order valence-corrected chi connectivity index (χ0v) is 18.9. The number of H-pyrrole nitrogens is 1. The van der Waals surface area contributed by atoms with Crippen LogP contribution >= 0.6 is 11.3 Å². The van der Waals surface area contributed by atoms with Crippen LogP contribution in [0.4, 0.5) is 5.69 Å². The largest absolute Gasteiger partial charge is 0.384 e. The zero-order chi connectivity index (χ0) is 21.8. The molecular weight excluding hydrogens is 424 g/mol. The second-order valence-corrected chi connectivity index (χ2v) is 10.4. The molecule has 0 spiro atoms. The van der Waals surface area contributed by atoms with Gasteiger partial charge in [-0.15, -0.1) is 11.3 Å². The predicted octanol–water partition coefficient (Wildman–Crippen LogP) is 2.36. The van der Waals surface area contributed by atoms with E-state index in [1.165, 1.54) is 10.6 Å². The number of amides is 1. The van der Waals surface area contributed by atoms with Crippen molar-refractivity contribution < 1.29 is 9.90 Å². The Balaban J connectivity index is 1.27. The molecule has 8 nitrogen and oxygen atoms in total. The van der Waals surface area contributed by atoms with Crippen molar-refractivity contribution in [3.05, 3.63) is 29.0 Å². The van der Waals surface area contributed by atoms with Crippen LogP contribution in [0.1, 0.15) is 30.3 Å². The topological polar surface area (TPSA) is 106 Å². The molecule has 1 saturated heterocycles. The summed E-state index contributed by atoms with van der Waals surface area (Å²) in [6.45, 7) is 4.93. The van der Waals surface area contributed by atoms with Gasteiger partial charge in [0.1, 0.15) is 16.8 Å². The molecule has 4 atom stereocenters. The lowest BCUT2D eigenvalue weighted by Crippen LogP contribution is -2.37. The van der Waals surface area contributed by atoms with Gasteiger partial charge in [0.25, 0.3) is 5.91 Å². The van der Waals surface area contributed by atoms with E-state index >= 15 is 0 Å². The van der Waals surface area contributed by atoms with Crippen molar-refractivity contribution in [2.75, 3.05) is 25.0 Å². The van der Waals surface area contributed by atoms with Crippen LogP contribution in [0.2, 0.25) is 0 Å². The number of aliphatic hydroxyl groups excluding tert-OH is 1. The Hall–Kier alpha value is -2.49. The summed E-state index contributed by atoms with van der Waals surface area (Å²) in [7, 11) is 0. The molecule has 0 aromatic carbocycles. The van der Waals surface area contributed by atoms with E-state index in [0.29, 0.717) is 17.9 Å². The molecule has 1 amide bonds. The number of likely N-dealkylation sites (tertiary alicyclic amines) is 1. The maximum atomic E-state index is 12.2. The molecule has 168 valence electrons. The van der Waals surface area contributed by atoms with Crippen LogP contribution in [0.3, 0.4) is 0 Å². The third kappa shape index (κ3) is 3.39. The number of hydrogen-bond donors (Lipinski definition) is 4. The molecule has 5 heterocycles. The Bertz CT molecular complexity index is 1130. The first-order valence-corrected chi connectivity index (χ1v) is 12.3. The fraction of sp³-hybridized carbons (Fsp3) is 0.522. The number of aromatic nitrogens is 3. The minimum Gasteiger partial charge on any atom is -0.384 e. The summed E-state index contributed by atoms with van der Waals surface area (Å²) in [5, 5.41) is 19.1. The van der Waals surface area contributed by atoms with Crippen molar-refractivity contribution in [1.29, 1.82) is 0 Å². The smallest absolute Gasteiger partial charge is 0.251 e. The van der Waals surface area contributed by atoms with Gasteiger partial charge in [-0.2, -0.15) is 0 Å². The van der Waals surface area contributed by atoms with E-state index in [0.717, 1.165) is 72.7 Å². The van der Waals surface area contributed by atoms with E-state index in [2.05, 4.69) is 26.7 Å². The van der Waals surface area contributed by atoms with E-state index in [9.17, 15) is 9.90 Å². The number of hydrogen-bond acceptors (Lipinski definition) is 7. The van der Waals surface area contributed by atoms with Gasteiger partial charge >= 0.3 is 0 Å². The summed E-state index contributed by atoms with van der Waals surface area (Å²) in [5.74, 6) is 0.831. The maximum absolute atomic E-state index is 12.2. The number of rotatable bonds is 4. The number of pyridine rings is 1. The second kappa shape index (κ2) is 7.83. The molecule has 3 aromatic heterocycles. The molecule has 3 aromatic rings. The minimum absolute atomic E-state index is 0.142. The number of nitrogens with one attached hydrogen (secondary N) is 3. The fourth-order valence-corrected chi connectivity index (χ4v) is 6.73. The van der Waals surface area contributed by atoms with Crippen molar-refractivity contribution in [3.8, 4) is 10.6 Å². The van der Waals surface area contributed by atoms with Crippen molar-refractivity contribution in [3.63, 3.8) is 0 Å². The van der Waals surface area contributed by atoms with E-state index in [1.54, 1.807) is 18.3 Å². The normalized spacial score (nSPS) is 25.7. The summed E-state index contributed by atoms with van der Waals surface area (Å²) in [6.07, 6.45) is 6.00. The van der Waals surface area contributed by atoms with Gasteiger partial charge in [0.05, 0.1) is 16.9 Å². The van der Waals surface area contributed by atoms with Crippen molar-refractivity contribution in [2.45, 2.75) is 44.9 Å². The van der Waals surface area contributed by atoms with Gasteiger partial charge in [-0.1, -0.05) is 0 Å². The highest BCUT2D eigenvalue weighted by atomic mass is 32.1. The number of fused-ring (bicyclic) bond motifs is 3. The molecule has 1 unspecified atom stereocenters. The number of anilines is 1. The quantitative estimate of drug-likeness (QED) is 0.484. The summed E-state index contributed by atoms with van der Waals surface area (Å²) >= 11 is 1.76. The Morgan fingerprint density at radius 2 is 2.16 bits per heavy atom. The molecule has 1 saturated carbocycles. The van der Waals surface area contributed by atoms with Crippen LogP contribution in [0, 0.1) is 11.8 Å². The van der Waals surface area contributed by atoms with Crippen LogP contribution in [0.25, 0.3) is 21.6 Å². The highest BCUT2D eigenvalue weighted by Gasteiger charge is 2.43. The van der Waals surface area contributed by atoms with Gasteiger partial charge in [0, 0.05) is 61.3 Å². The number of aromatic amines is 1. The standard InChI is InChI=1S/C23H28N6O2S/c1-12(30)23(31)29-10-13-6-15(7-14(13)11-29)27-20-16-2-5-25-21(16)26-8-17(20)22-28-18-3-4-24-9-19(18)32-22/h2,5,8,12-15,24,30H,3-4,6-7,9-11H2,1H3,(H2,25,26,27)/t12-,13-,14+,15?/m0/s1. The lowest BCUT2D eigenvalue weighted by molar-refractivity contribution is -0.138. The number of aliphatic hydroxyl groups is 1. The van der Waals surface area contributed by atoms with Crippen molar-refractivity contribution in [2.24, 2.45) is 11.8 Å². The molecule has 0 radical (unpaired) electrons. The monoisotopic (exact) mass is 452 g/mol. The Morgan fingerprint density at radius 1 is 1.34 bits per heavy atom. The number of nitrogens with zero attached hydrogens (tertiary/aromatic N) is 3. The molecule has 2 fully saturated rings. The highest BCUT2D eigenvalue weighted by Crippen LogP contribution is 2.43. The average Bonchev–Trinajstić information content (AvgIpc) is 3.54. The summed E-state index contributed by atoms with van der Waals surface area (Å²) in [4.78, 5) is 28.2. The molecule has 9 heteroatoms. The van der Waals surface area contributed by atoms with Crippen LogP contribution < -0.4 is 10.6 Å². The van der Waals surface area contributed by atoms with E-state index in [4.69, 9.17) is 4.98 Å². The molecule has 6 rings (SSSR count). The fourth-order valence-electron chi connectivity index (χ4n) is 5.63. The van der Waals surface area contributed by atoms with Crippen LogP contribution in [-0.4, -0.2) is 62.6 Å². The van der Waals surface area contributed by atoms with Crippen LogP contribution in [0.5, 0.6) is 0 Å². The first kappa shape index (κ1) is 20.1. The van der Waals surface area contributed by atoms with Gasteiger partial charge in [-0.3, -0.25) is 4.79 Å². The van der Waals surface area contributed by atoms with Crippen molar-refractivity contribution >= 4 is 34.0 Å². The zero-order valence-electron chi connectivity index (χ0n) is 18.1. The third-order valence-corrected chi connectivity index (χ3v) is 8.32. The number of thiazole rings is 1. The minimum atomic E-state index is -0.914. The summed E-state index contributed by atoms with van der Waals surface area (Å²) < 4.78 is 0. The molecular formula is C23H28N6O2S. The van der Waals surface area contributed by atoms with Gasteiger partial charge in [-0.05, 0) is 37.7 Å². The van der Waals surface area contributed by atoms with Gasteiger partial charge in [0.15, 0.2) is 0 Å². The summed E-state index contributed by atoms with van der Waals surface area (Å²) in [6, 6.07) is 2.44. The van der Waals surface area contributed by atoms with E-state index in [1.807, 2.05) is 17.3 Å². The first-order chi connectivity index (χ1) is 15.6. The number of carbonyl (C=O) groups excluding carboxylic acids is 1. The Labute approximate surface area is 190 Å². The molecule has 2 aliphatic heterocycles. The lowest BCUT2D eigenvalue weighted by atomic mass is 10.0. The van der Waals surface area contributed by atoms with E-state index < -0.39 is 6.10 Å². The van der Waals surface area contributed by atoms with Gasteiger partial charge < -0.3 is 25.6 Å². The molecule has 3 aliphatic rings. The van der Waals surface area contributed by atoms with E-state index in [-0.39, 0.29) is 5.91 Å². The predicted molar refractivity (Wildman–Crippen MR) is 124 cm³/mol. The Morgan fingerprint density at radius 3 is 2.91 bits per heavy atom. The summed E-state index contributed by atoms with van der Waals surface area (Å²) in [5.41, 5.74) is 4.27. The van der Waals surface area contributed by atoms with Gasteiger partial charge in [-0.25, -0.2) is 9.97 Å². The number of carbonyl (C=O) groups is 1. The third-order valence-electron chi connectivity index (χ3n) is 7.19. The molecule has 0 bridgehead atoms. The highest BCUT2D eigenvalue weighted by molar-refractivity contribution is 7.15. The second-order valence-electron chi connectivity index (χ2n) is 9.35. The molecule has 32 heavy (non-hydrogen) atoms. The molecule has 4 N–H and O–H groups in total.